The largest absolute Gasteiger partial charge is 0.467 e. The molecule has 0 aromatic heterocycles. The summed E-state index contributed by atoms with van der Waals surface area (Å²) in [6, 6.07) is 3.67. The molecule has 104 valence electrons. The number of ether oxygens (including phenoxy) is 1. The van der Waals surface area contributed by atoms with Crippen LogP contribution in [0, 0.1) is 5.82 Å². The molecular weight excluding hydrogens is 317 g/mol. The SMILES string of the molecule is CC[C@@H](NC(=O)Cc1cc(Br)ccc1F)C(=O)OC. The van der Waals surface area contributed by atoms with E-state index in [1.54, 1.807) is 13.0 Å². The number of methoxy groups -OCH3 is 1. The molecule has 1 amide bonds. The minimum atomic E-state index is -0.701. The molecule has 1 rings (SSSR count). The molecule has 0 bridgehead atoms. The number of nitrogens with one attached hydrogen (secondary N) is 1. The average Bonchev–Trinajstić information content (AvgIpc) is 2.39. The Hall–Kier alpha value is -1.43. The lowest BCUT2D eigenvalue weighted by atomic mass is 10.1. The van der Waals surface area contributed by atoms with Crippen molar-refractivity contribution in [3.8, 4) is 0 Å². The molecule has 0 fully saturated rings. The molecule has 1 N–H and O–H groups in total. The molecular formula is C13H15BrFNO3. The van der Waals surface area contributed by atoms with Crippen LogP contribution in [0.25, 0.3) is 0 Å². The van der Waals surface area contributed by atoms with Gasteiger partial charge in [0.1, 0.15) is 11.9 Å². The molecule has 0 spiro atoms. The van der Waals surface area contributed by atoms with Crippen molar-refractivity contribution < 1.29 is 18.7 Å². The lowest BCUT2D eigenvalue weighted by molar-refractivity contribution is -0.145. The second-order valence-corrected chi connectivity index (χ2v) is 4.88. The van der Waals surface area contributed by atoms with Gasteiger partial charge in [0, 0.05) is 4.47 Å². The number of rotatable bonds is 5. The topological polar surface area (TPSA) is 55.4 Å². The third-order valence-electron chi connectivity index (χ3n) is 2.59. The fourth-order valence-corrected chi connectivity index (χ4v) is 1.98. The van der Waals surface area contributed by atoms with Gasteiger partial charge in [0.25, 0.3) is 0 Å². The number of halogens is 2. The number of hydrogen-bond acceptors (Lipinski definition) is 3. The first-order valence-electron chi connectivity index (χ1n) is 5.79. The Kier molecular flexibility index (Phi) is 5.95. The van der Waals surface area contributed by atoms with Crippen LogP contribution in [0.15, 0.2) is 22.7 Å². The molecule has 6 heteroatoms. The molecule has 1 atom stereocenters. The fraction of sp³-hybridized carbons (Fsp3) is 0.385. The van der Waals surface area contributed by atoms with E-state index in [4.69, 9.17) is 0 Å². The Morgan fingerprint density at radius 1 is 1.47 bits per heavy atom. The standard InChI is InChI=1S/C13H15BrFNO3/c1-3-11(13(18)19-2)16-12(17)7-8-6-9(14)4-5-10(8)15/h4-6,11H,3,7H2,1-2H3,(H,16,17)/t11-/m1/s1. The molecule has 0 radical (unpaired) electrons. The Morgan fingerprint density at radius 2 is 2.16 bits per heavy atom. The molecule has 0 unspecified atom stereocenters. The van der Waals surface area contributed by atoms with E-state index in [9.17, 15) is 14.0 Å². The van der Waals surface area contributed by atoms with Crippen molar-refractivity contribution in [2.45, 2.75) is 25.8 Å². The van der Waals surface area contributed by atoms with Gasteiger partial charge in [0.15, 0.2) is 0 Å². The zero-order valence-corrected chi connectivity index (χ0v) is 12.3. The van der Waals surface area contributed by atoms with Crippen molar-refractivity contribution in [2.75, 3.05) is 7.11 Å². The van der Waals surface area contributed by atoms with Crippen LogP contribution in [0.5, 0.6) is 0 Å². The molecule has 0 aliphatic rings. The highest BCUT2D eigenvalue weighted by Crippen LogP contribution is 2.16. The summed E-state index contributed by atoms with van der Waals surface area (Å²) < 4.78 is 18.7. The molecule has 4 nitrogen and oxygen atoms in total. The van der Waals surface area contributed by atoms with Crippen LogP contribution in [0.4, 0.5) is 4.39 Å². The predicted molar refractivity (Wildman–Crippen MR) is 72.0 cm³/mol. The molecule has 1 aromatic carbocycles. The molecule has 1 aromatic rings. The highest BCUT2D eigenvalue weighted by molar-refractivity contribution is 9.10. The van der Waals surface area contributed by atoms with Crippen LogP contribution >= 0.6 is 15.9 Å². The van der Waals surface area contributed by atoms with Gasteiger partial charge in [-0.2, -0.15) is 0 Å². The number of carbonyl (C=O) groups is 2. The van der Waals surface area contributed by atoms with Gasteiger partial charge in [0.2, 0.25) is 5.91 Å². The van der Waals surface area contributed by atoms with Crippen molar-refractivity contribution in [3.05, 3.63) is 34.1 Å². The average molecular weight is 332 g/mol. The van der Waals surface area contributed by atoms with Gasteiger partial charge < -0.3 is 10.1 Å². The van der Waals surface area contributed by atoms with Crippen molar-refractivity contribution in [3.63, 3.8) is 0 Å². The highest BCUT2D eigenvalue weighted by atomic mass is 79.9. The highest BCUT2D eigenvalue weighted by Gasteiger charge is 2.19. The predicted octanol–water partition coefficient (Wildman–Crippen LogP) is 2.20. The van der Waals surface area contributed by atoms with Crippen LogP contribution in [0.1, 0.15) is 18.9 Å². The van der Waals surface area contributed by atoms with Gasteiger partial charge in [-0.25, -0.2) is 9.18 Å². The summed E-state index contributed by atoms with van der Waals surface area (Å²) in [6.45, 7) is 1.75. The maximum atomic E-state index is 13.5. The van der Waals surface area contributed by atoms with Gasteiger partial charge >= 0.3 is 5.97 Å². The van der Waals surface area contributed by atoms with Crippen LogP contribution < -0.4 is 5.32 Å². The zero-order valence-electron chi connectivity index (χ0n) is 10.7. The summed E-state index contributed by atoms with van der Waals surface area (Å²) in [5, 5.41) is 2.52. The number of benzene rings is 1. The first kappa shape index (κ1) is 15.6. The first-order chi connectivity index (χ1) is 8.97. The third kappa shape index (κ3) is 4.63. The van der Waals surface area contributed by atoms with Crippen LogP contribution in [-0.4, -0.2) is 25.0 Å². The monoisotopic (exact) mass is 331 g/mol. The van der Waals surface area contributed by atoms with Crippen molar-refractivity contribution in [1.82, 2.24) is 5.32 Å². The van der Waals surface area contributed by atoms with Crippen LogP contribution in [-0.2, 0) is 20.7 Å². The molecule has 0 heterocycles. The lowest BCUT2D eigenvalue weighted by Gasteiger charge is -2.14. The maximum absolute atomic E-state index is 13.5. The Bertz CT molecular complexity index is 479. The smallest absolute Gasteiger partial charge is 0.328 e. The molecule has 0 saturated heterocycles. The van der Waals surface area contributed by atoms with E-state index in [1.807, 2.05) is 0 Å². The summed E-state index contributed by atoms with van der Waals surface area (Å²) in [6.07, 6.45) is 0.290. The normalized spacial score (nSPS) is 11.8. The van der Waals surface area contributed by atoms with E-state index in [0.29, 0.717) is 10.9 Å². The van der Waals surface area contributed by atoms with Crippen LogP contribution in [0.3, 0.4) is 0 Å². The van der Waals surface area contributed by atoms with E-state index in [1.165, 1.54) is 19.2 Å². The zero-order chi connectivity index (χ0) is 14.4. The summed E-state index contributed by atoms with van der Waals surface area (Å²) in [4.78, 5) is 23.1. The summed E-state index contributed by atoms with van der Waals surface area (Å²) in [5.41, 5.74) is 0.270. The van der Waals surface area contributed by atoms with Gasteiger partial charge in [-0.15, -0.1) is 0 Å². The second kappa shape index (κ2) is 7.23. The third-order valence-corrected chi connectivity index (χ3v) is 3.08. The Balaban J connectivity index is 2.69. The minimum absolute atomic E-state index is 0.126. The van der Waals surface area contributed by atoms with Gasteiger partial charge in [-0.3, -0.25) is 4.79 Å². The molecule has 0 aliphatic carbocycles. The van der Waals surface area contributed by atoms with Crippen LogP contribution in [0.2, 0.25) is 0 Å². The first-order valence-corrected chi connectivity index (χ1v) is 6.58. The van der Waals surface area contributed by atoms with E-state index >= 15 is 0 Å². The minimum Gasteiger partial charge on any atom is -0.467 e. The number of esters is 1. The van der Waals surface area contributed by atoms with Crippen molar-refractivity contribution >= 4 is 27.8 Å². The van der Waals surface area contributed by atoms with Gasteiger partial charge in [0.05, 0.1) is 13.5 Å². The molecule has 0 saturated carbocycles. The van der Waals surface area contributed by atoms with Crippen molar-refractivity contribution in [1.29, 1.82) is 0 Å². The number of hydrogen-bond donors (Lipinski definition) is 1. The molecule has 19 heavy (non-hydrogen) atoms. The molecule has 0 aliphatic heterocycles. The summed E-state index contributed by atoms with van der Waals surface area (Å²) in [7, 11) is 1.26. The fourth-order valence-electron chi connectivity index (χ4n) is 1.57. The Labute approximate surface area is 119 Å². The van der Waals surface area contributed by atoms with E-state index < -0.39 is 23.7 Å². The number of carbonyl (C=O) groups excluding carboxylic acids is 2. The maximum Gasteiger partial charge on any atom is 0.328 e. The lowest BCUT2D eigenvalue weighted by Crippen LogP contribution is -2.41. The van der Waals surface area contributed by atoms with Gasteiger partial charge in [-0.05, 0) is 30.2 Å². The van der Waals surface area contributed by atoms with Crippen molar-refractivity contribution in [2.24, 2.45) is 0 Å². The van der Waals surface area contributed by atoms with Gasteiger partial charge in [-0.1, -0.05) is 22.9 Å². The second-order valence-electron chi connectivity index (χ2n) is 3.96. The quantitative estimate of drug-likeness (QED) is 0.841. The van der Waals surface area contributed by atoms with E-state index in [0.717, 1.165) is 0 Å². The Morgan fingerprint density at radius 3 is 2.74 bits per heavy atom. The summed E-state index contributed by atoms with van der Waals surface area (Å²) >= 11 is 3.21. The number of amides is 1. The van der Waals surface area contributed by atoms with E-state index in [-0.39, 0.29) is 12.0 Å². The summed E-state index contributed by atoms with van der Waals surface area (Å²) in [5.74, 6) is -1.38. The van der Waals surface area contributed by atoms with E-state index in [2.05, 4.69) is 26.0 Å².